The van der Waals surface area contributed by atoms with E-state index in [1.165, 1.54) is 21.5 Å². The monoisotopic (exact) mass is 317 g/mol. The van der Waals surface area contributed by atoms with Crippen molar-refractivity contribution in [2.24, 2.45) is 0 Å². The molecule has 0 aromatic heterocycles. The molecule has 0 radical (unpaired) electrons. The van der Waals surface area contributed by atoms with Crippen LogP contribution in [0.15, 0.2) is 48.5 Å². The molecular weight excluding hydrogens is 297 g/mol. The van der Waals surface area contributed by atoms with Crippen molar-refractivity contribution in [2.45, 2.75) is 16.1 Å². The van der Waals surface area contributed by atoms with Gasteiger partial charge in [-0.25, -0.2) is 0 Å². The molecule has 0 heterocycles. The normalized spacial score (nSPS) is 12.1. The van der Waals surface area contributed by atoms with Gasteiger partial charge in [0.2, 0.25) is 0 Å². The van der Waals surface area contributed by atoms with Crippen molar-refractivity contribution in [2.75, 3.05) is 12.8 Å². The Morgan fingerprint density at radius 1 is 1.00 bits per heavy atom. The maximum atomic E-state index is 5.84. The fourth-order valence-electron chi connectivity index (χ4n) is 2.12. The van der Waals surface area contributed by atoms with Crippen LogP contribution >= 0.6 is 0 Å². The first-order valence-electron chi connectivity index (χ1n) is 6.34. The van der Waals surface area contributed by atoms with Crippen LogP contribution in [0.2, 0.25) is 5.71 Å². The maximum absolute atomic E-state index is 5.84. The molecule has 0 aliphatic heterocycles. The van der Waals surface area contributed by atoms with Crippen LogP contribution in [0.4, 0.5) is 5.69 Å². The molecule has 0 spiro atoms. The molecule has 100 valence electrons. The Bertz CT molecular complexity index is 528. The number of hydrogen-bond donors (Lipinski definition) is 1. The third kappa shape index (κ3) is 4.04. The van der Waals surface area contributed by atoms with E-state index in [0.717, 1.165) is 5.75 Å². The molecule has 0 saturated carbocycles. The summed E-state index contributed by atoms with van der Waals surface area (Å²) in [5.41, 5.74) is 11.8. The van der Waals surface area contributed by atoms with Gasteiger partial charge in [-0.2, -0.15) is 0 Å². The van der Waals surface area contributed by atoms with Crippen LogP contribution in [0.5, 0.6) is 5.75 Å². The molecule has 19 heavy (non-hydrogen) atoms. The average Bonchev–Trinajstić information content (AvgIpc) is 2.42. The van der Waals surface area contributed by atoms with E-state index in [2.05, 4.69) is 48.2 Å². The molecule has 0 bridgehead atoms. The molecular formula is C16H20AsNO. The van der Waals surface area contributed by atoms with E-state index in [4.69, 9.17) is 10.5 Å². The molecule has 0 amide bonds. The molecule has 1 unspecified atom stereocenters. The van der Waals surface area contributed by atoms with Crippen molar-refractivity contribution in [1.29, 1.82) is 0 Å². The first kappa shape index (κ1) is 14.0. The Kier molecular flexibility index (Phi) is 4.92. The van der Waals surface area contributed by atoms with Crippen LogP contribution in [0.1, 0.15) is 11.1 Å². The second kappa shape index (κ2) is 6.67. The number of rotatable bonds is 5. The van der Waals surface area contributed by atoms with Crippen molar-refractivity contribution >= 4 is 20.3 Å². The number of nitrogen functional groups attached to an aromatic ring is 1. The predicted molar refractivity (Wildman–Crippen MR) is 82.9 cm³/mol. The van der Waals surface area contributed by atoms with E-state index >= 15 is 0 Å². The molecule has 2 nitrogen and oxygen atoms in total. The Morgan fingerprint density at radius 3 is 2.37 bits per heavy atom. The molecule has 2 rings (SSSR count). The van der Waals surface area contributed by atoms with Crippen LogP contribution in [-0.2, 0) is 10.4 Å². The van der Waals surface area contributed by atoms with Gasteiger partial charge in [0.25, 0.3) is 0 Å². The summed E-state index contributed by atoms with van der Waals surface area (Å²) in [6, 6.07) is 16.9. The SMILES string of the molecule is COc1cc(C[As](C)Cc2ccccc2)ccc1N. The van der Waals surface area contributed by atoms with Gasteiger partial charge in [-0.15, -0.1) is 0 Å². The molecule has 0 saturated heterocycles. The summed E-state index contributed by atoms with van der Waals surface area (Å²) in [6.07, 6.45) is 0. The Labute approximate surface area is 119 Å². The summed E-state index contributed by atoms with van der Waals surface area (Å²) in [4.78, 5) is 0. The van der Waals surface area contributed by atoms with E-state index in [9.17, 15) is 0 Å². The second-order valence-corrected chi connectivity index (χ2v) is 9.65. The quantitative estimate of drug-likeness (QED) is 0.678. The van der Waals surface area contributed by atoms with E-state index in [-0.39, 0.29) is 0 Å². The fraction of sp³-hybridized carbons (Fsp3) is 0.250. The number of nitrogens with two attached hydrogens (primary N) is 1. The summed E-state index contributed by atoms with van der Waals surface area (Å²) in [5, 5.41) is 2.42. The summed E-state index contributed by atoms with van der Waals surface area (Å²) >= 11 is -0.869. The first-order valence-corrected chi connectivity index (χ1v) is 10.9. The van der Waals surface area contributed by atoms with Gasteiger partial charge in [-0.1, -0.05) is 0 Å². The number of hydrogen-bond acceptors (Lipinski definition) is 2. The van der Waals surface area contributed by atoms with E-state index < -0.39 is 14.7 Å². The molecule has 0 aliphatic carbocycles. The van der Waals surface area contributed by atoms with Gasteiger partial charge in [0.15, 0.2) is 0 Å². The molecule has 0 aliphatic rings. The first-order chi connectivity index (χ1) is 9.19. The molecule has 1 atom stereocenters. The van der Waals surface area contributed by atoms with Crippen molar-refractivity contribution < 1.29 is 4.74 Å². The van der Waals surface area contributed by atoms with Gasteiger partial charge in [0.1, 0.15) is 0 Å². The zero-order valence-corrected chi connectivity index (χ0v) is 13.3. The van der Waals surface area contributed by atoms with Crippen LogP contribution < -0.4 is 10.5 Å². The van der Waals surface area contributed by atoms with Gasteiger partial charge in [0.05, 0.1) is 0 Å². The molecule has 2 N–H and O–H groups in total. The van der Waals surface area contributed by atoms with Gasteiger partial charge in [0, 0.05) is 0 Å². The predicted octanol–water partition coefficient (Wildman–Crippen LogP) is 3.27. The van der Waals surface area contributed by atoms with Gasteiger partial charge in [-0.3, -0.25) is 0 Å². The van der Waals surface area contributed by atoms with Gasteiger partial charge < -0.3 is 0 Å². The average molecular weight is 317 g/mol. The van der Waals surface area contributed by atoms with E-state index in [1.54, 1.807) is 7.11 Å². The number of ether oxygens (including phenoxy) is 1. The minimum absolute atomic E-state index is 0.712. The van der Waals surface area contributed by atoms with Crippen LogP contribution in [0, 0.1) is 0 Å². The number of anilines is 1. The Balaban J connectivity index is 2.01. The van der Waals surface area contributed by atoms with Gasteiger partial charge in [-0.05, 0) is 0 Å². The van der Waals surface area contributed by atoms with Crippen molar-refractivity contribution in [1.82, 2.24) is 0 Å². The summed E-state index contributed by atoms with van der Waals surface area (Å²) in [7, 11) is 1.67. The van der Waals surface area contributed by atoms with Gasteiger partial charge >= 0.3 is 119 Å². The van der Waals surface area contributed by atoms with Crippen LogP contribution in [-0.4, -0.2) is 21.8 Å². The topological polar surface area (TPSA) is 35.2 Å². The van der Waals surface area contributed by atoms with Crippen LogP contribution in [0.25, 0.3) is 0 Å². The van der Waals surface area contributed by atoms with Crippen molar-refractivity contribution in [3.63, 3.8) is 0 Å². The third-order valence-corrected chi connectivity index (χ3v) is 6.84. The molecule has 3 heteroatoms. The Morgan fingerprint density at radius 2 is 1.68 bits per heavy atom. The molecule has 2 aromatic carbocycles. The summed E-state index contributed by atoms with van der Waals surface area (Å²) < 4.78 is 5.28. The van der Waals surface area contributed by atoms with E-state index in [1.807, 2.05) is 6.07 Å². The minimum atomic E-state index is -0.869. The molecule has 0 fully saturated rings. The standard InChI is InChI=1S/C16H20AsNO/c1-17(11-13-6-4-3-5-7-13)12-14-8-9-15(18)16(10-14)19-2/h3-10H,11-12,18H2,1-2H3. The summed E-state index contributed by atoms with van der Waals surface area (Å²) in [6.45, 7) is 0. The number of methoxy groups -OCH3 is 1. The Hall–Kier alpha value is -1.40. The second-order valence-electron chi connectivity index (χ2n) is 4.73. The fourth-order valence-corrected chi connectivity index (χ4v) is 5.82. The van der Waals surface area contributed by atoms with Crippen molar-refractivity contribution in [3.8, 4) is 5.75 Å². The zero-order valence-electron chi connectivity index (χ0n) is 11.5. The molecule has 2 aromatic rings. The summed E-state index contributed by atoms with van der Waals surface area (Å²) in [5.74, 6) is 0.791. The van der Waals surface area contributed by atoms with Crippen LogP contribution in [0.3, 0.4) is 0 Å². The number of benzene rings is 2. The van der Waals surface area contributed by atoms with E-state index in [0.29, 0.717) is 5.69 Å². The zero-order chi connectivity index (χ0) is 13.7. The third-order valence-electron chi connectivity index (χ3n) is 3.05. The van der Waals surface area contributed by atoms with Crippen molar-refractivity contribution in [3.05, 3.63) is 59.7 Å².